The quantitative estimate of drug-likeness (QED) is 0.585. The van der Waals surface area contributed by atoms with Gasteiger partial charge in [0.15, 0.2) is 0 Å². The number of carbonyl (C=O) groups is 1. The van der Waals surface area contributed by atoms with Crippen molar-refractivity contribution in [3.8, 4) is 0 Å². The number of hydrogen-bond donors (Lipinski definition) is 1. The molecule has 1 N–H and O–H groups in total. The van der Waals surface area contributed by atoms with Gasteiger partial charge < -0.3 is 10.1 Å². The molecule has 3 nitrogen and oxygen atoms in total. The zero-order valence-corrected chi connectivity index (χ0v) is 9.21. The van der Waals surface area contributed by atoms with Crippen molar-refractivity contribution in [2.45, 2.75) is 24.8 Å². The molecule has 1 aliphatic rings. The van der Waals surface area contributed by atoms with Gasteiger partial charge in [-0.05, 0) is 25.8 Å². The van der Waals surface area contributed by atoms with E-state index in [9.17, 15) is 4.79 Å². The highest BCUT2D eigenvalue weighted by Gasteiger charge is 2.41. The van der Waals surface area contributed by atoms with Gasteiger partial charge in [-0.2, -0.15) is 0 Å². The summed E-state index contributed by atoms with van der Waals surface area (Å²) in [6.45, 7) is 0.881. The summed E-state index contributed by atoms with van der Waals surface area (Å²) in [4.78, 5) is 11.4. The van der Waals surface area contributed by atoms with Crippen LogP contribution in [0.2, 0.25) is 0 Å². The van der Waals surface area contributed by atoms with Gasteiger partial charge in [0.25, 0.3) is 0 Å². The molecule has 1 saturated heterocycles. The van der Waals surface area contributed by atoms with Gasteiger partial charge in [0.2, 0.25) is 0 Å². The third-order valence-corrected chi connectivity index (χ3v) is 2.53. The number of ether oxygens (including phenoxy) is 1. The maximum atomic E-state index is 11.4. The highest BCUT2D eigenvalue weighted by molar-refractivity contribution is 6.18. The van der Waals surface area contributed by atoms with Gasteiger partial charge in [0, 0.05) is 5.88 Å². The minimum Gasteiger partial charge on any atom is -0.468 e. The Labute approximate surface area is 89.6 Å². The van der Waals surface area contributed by atoms with Crippen LogP contribution in [-0.4, -0.2) is 31.0 Å². The summed E-state index contributed by atoms with van der Waals surface area (Å²) in [5.41, 5.74) is -0.490. The van der Waals surface area contributed by atoms with Gasteiger partial charge in [-0.15, -0.1) is 24.0 Å². The smallest absolute Gasteiger partial charge is 0.326 e. The molecule has 0 amide bonds. The molecule has 0 aromatic rings. The van der Waals surface area contributed by atoms with Crippen LogP contribution in [0.3, 0.4) is 0 Å². The molecule has 1 heterocycles. The van der Waals surface area contributed by atoms with E-state index < -0.39 is 5.54 Å². The number of hydrogen-bond acceptors (Lipinski definition) is 3. The lowest BCUT2D eigenvalue weighted by Gasteiger charge is -2.25. The van der Waals surface area contributed by atoms with Gasteiger partial charge in [-0.25, -0.2) is 0 Å². The molecule has 0 aromatic heterocycles. The van der Waals surface area contributed by atoms with Crippen molar-refractivity contribution in [3.63, 3.8) is 0 Å². The van der Waals surface area contributed by atoms with Crippen LogP contribution in [-0.2, 0) is 9.53 Å². The highest BCUT2D eigenvalue weighted by atomic mass is 35.5. The number of rotatable bonds is 3. The Morgan fingerprint density at radius 1 is 1.69 bits per heavy atom. The molecule has 0 unspecified atom stereocenters. The summed E-state index contributed by atoms with van der Waals surface area (Å²) in [7, 11) is 1.41. The molecule has 0 saturated carbocycles. The van der Waals surface area contributed by atoms with Gasteiger partial charge in [0.1, 0.15) is 5.54 Å². The second-order valence-electron chi connectivity index (χ2n) is 3.04. The van der Waals surface area contributed by atoms with Crippen molar-refractivity contribution in [1.82, 2.24) is 5.32 Å². The van der Waals surface area contributed by atoms with Crippen molar-refractivity contribution in [1.29, 1.82) is 0 Å². The molecule has 0 radical (unpaired) electrons. The van der Waals surface area contributed by atoms with E-state index in [2.05, 4.69) is 5.32 Å². The molecule has 13 heavy (non-hydrogen) atoms. The van der Waals surface area contributed by atoms with Crippen molar-refractivity contribution in [2.75, 3.05) is 19.5 Å². The summed E-state index contributed by atoms with van der Waals surface area (Å²) >= 11 is 5.62. The molecular weight excluding hydrogens is 213 g/mol. The van der Waals surface area contributed by atoms with E-state index in [1.165, 1.54) is 7.11 Å². The minimum atomic E-state index is -0.490. The molecule has 78 valence electrons. The van der Waals surface area contributed by atoms with E-state index in [0.717, 1.165) is 19.4 Å². The summed E-state index contributed by atoms with van der Waals surface area (Å²) < 4.78 is 4.73. The first-order chi connectivity index (χ1) is 5.75. The predicted octanol–water partition coefficient (Wildman–Crippen LogP) is 1.33. The highest BCUT2D eigenvalue weighted by Crippen LogP contribution is 2.24. The first-order valence-corrected chi connectivity index (χ1v) is 4.68. The molecule has 0 spiro atoms. The largest absolute Gasteiger partial charge is 0.468 e. The zero-order valence-electron chi connectivity index (χ0n) is 7.64. The monoisotopic (exact) mass is 227 g/mol. The Hall–Kier alpha value is 0.01000. The van der Waals surface area contributed by atoms with Crippen LogP contribution in [0.25, 0.3) is 0 Å². The van der Waals surface area contributed by atoms with Gasteiger partial charge in [0.05, 0.1) is 7.11 Å². The van der Waals surface area contributed by atoms with Crippen molar-refractivity contribution in [2.24, 2.45) is 0 Å². The Kier molecular flexibility index (Phi) is 5.68. The standard InChI is InChI=1S/C8H14ClNO2.ClH/c1-12-7(11)8(4-5-9)3-2-6-10-8;/h10H,2-6H2,1H3;1H/t8-;/m1./s1. The number of methoxy groups -OCH3 is 1. The Morgan fingerprint density at radius 3 is 2.77 bits per heavy atom. The number of alkyl halides is 1. The fourth-order valence-corrected chi connectivity index (χ4v) is 1.98. The van der Waals surface area contributed by atoms with Crippen molar-refractivity contribution < 1.29 is 9.53 Å². The summed E-state index contributed by atoms with van der Waals surface area (Å²) in [5.74, 6) is 0.308. The Bertz CT molecular complexity index is 170. The van der Waals surface area contributed by atoms with Gasteiger partial charge >= 0.3 is 5.97 Å². The molecule has 0 aromatic carbocycles. The number of esters is 1. The van der Waals surface area contributed by atoms with Gasteiger partial charge in [-0.3, -0.25) is 4.79 Å². The molecule has 0 bridgehead atoms. The van der Waals surface area contributed by atoms with Crippen molar-refractivity contribution in [3.05, 3.63) is 0 Å². The van der Waals surface area contributed by atoms with E-state index >= 15 is 0 Å². The second-order valence-corrected chi connectivity index (χ2v) is 3.42. The number of carbonyl (C=O) groups excluding carboxylic acids is 1. The van der Waals surface area contributed by atoms with Crippen LogP contribution < -0.4 is 5.32 Å². The third-order valence-electron chi connectivity index (χ3n) is 2.34. The SMILES string of the molecule is COC(=O)[C@]1(CCCl)CCCN1.Cl. The van der Waals surface area contributed by atoms with E-state index in [-0.39, 0.29) is 18.4 Å². The van der Waals surface area contributed by atoms with E-state index in [4.69, 9.17) is 16.3 Å². The molecule has 5 heteroatoms. The van der Waals surface area contributed by atoms with Gasteiger partial charge in [-0.1, -0.05) is 0 Å². The zero-order chi connectivity index (χ0) is 9.03. The van der Waals surface area contributed by atoms with Crippen LogP contribution in [0.5, 0.6) is 0 Å². The molecular formula is C8H15Cl2NO2. The normalized spacial score (nSPS) is 26.6. The number of halogens is 2. The molecule has 1 fully saturated rings. The predicted molar refractivity (Wildman–Crippen MR) is 54.6 cm³/mol. The van der Waals surface area contributed by atoms with Crippen LogP contribution >= 0.6 is 24.0 Å². The van der Waals surface area contributed by atoms with E-state index in [1.54, 1.807) is 0 Å². The lowest BCUT2D eigenvalue weighted by molar-refractivity contribution is -0.148. The molecule has 0 aliphatic carbocycles. The van der Waals surface area contributed by atoms with Crippen LogP contribution in [0.1, 0.15) is 19.3 Å². The molecule has 1 atom stereocenters. The molecule has 1 rings (SSSR count). The maximum Gasteiger partial charge on any atom is 0.326 e. The fraction of sp³-hybridized carbons (Fsp3) is 0.875. The van der Waals surface area contributed by atoms with Crippen LogP contribution in [0, 0.1) is 0 Å². The van der Waals surface area contributed by atoms with Crippen molar-refractivity contribution >= 4 is 30.0 Å². The summed E-state index contributed by atoms with van der Waals surface area (Å²) in [5, 5.41) is 3.16. The van der Waals surface area contributed by atoms with Crippen LogP contribution in [0.15, 0.2) is 0 Å². The van der Waals surface area contributed by atoms with E-state index in [1.807, 2.05) is 0 Å². The first-order valence-electron chi connectivity index (χ1n) is 4.14. The van der Waals surface area contributed by atoms with Crippen LogP contribution in [0.4, 0.5) is 0 Å². The average Bonchev–Trinajstić information content (AvgIpc) is 2.53. The van der Waals surface area contributed by atoms with E-state index in [0.29, 0.717) is 12.3 Å². The maximum absolute atomic E-state index is 11.4. The fourth-order valence-electron chi connectivity index (χ4n) is 1.65. The summed E-state index contributed by atoms with van der Waals surface area (Å²) in [6.07, 6.45) is 2.51. The Balaban J connectivity index is 0.00000144. The molecule has 1 aliphatic heterocycles. The summed E-state index contributed by atoms with van der Waals surface area (Å²) in [6, 6.07) is 0. The lowest BCUT2D eigenvalue weighted by atomic mass is 9.94. The average molecular weight is 228 g/mol. The lowest BCUT2D eigenvalue weighted by Crippen LogP contribution is -2.48. The first kappa shape index (κ1) is 13.0. The minimum absolute atomic E-state index is 0. The number of nitrogens with one attached hydrogen (secondary N) is 1. The topological polar surface area (TPSA) is 38.3 Å². The third kappa shape index (κ3) is 2.73. The second kappa shape index (κ2) is 5.68. The Morgan fingerprint density at radius 2 is 2.38 bits per heavy atom.